The lowest BCUT2D eigenvalue weighted by Crippen LogP contribution is -2.48. The molecule has 0 aromatic heterocycles. The minimum absolute atomic E-state index is 0.0172. The van der Waals surface area contributed by atoms with Gasteiger partial charge >= 0.3 is 5.97 Å². The summed E-state index contributed by atoms with van der Waals surface area (Å²) in [6.45, 7) is 1.89. The van der Waals surface area contributed by atoms with Crippen LogP contribution < -0.4 is 5.32 Å². The Morgan fingerprint density at radius 1 is 1.39 bits per heavy atom. The average molecular weight is 259 g/mol. The predicted molar refractivity (Wildman–Crippen MR) is 61.2 cm³/mol. The van der Waals surface area contributed by atoms with Crippen LogP contribution in [0.2, 0.25) is 0 Å². The number of rotatable bonds is 6. The molecular weight excluding hydrogens is 244 g/mol. The van der Waals surface area contributed by atoms with Gasteiger partial charge in [0.05, 0.1) is 6.61 Å². The highest BCUT2D eigenvalue weighted by molar-refractivity contribution is 5.80. The van der Waals surface area contributed by atoms with Gasteiger partial charge in [0.25, 0.3) is 0 Å². The van der Waals surface area contributed by atoms with E-state index in [0.29, 0.717) is 12.7 Å². The van der Waals surface area contributed by atoms with E-state index in [9.17, 15) is 18.7 Å². The van der Waals surface area contributed by atoms with Crippen LogP contribution in [0, 0.1) is 11.6 Å². The first kappa shape index (κ1) is 14.5. The van der Waals surface area contributed by atoms with Crippen LogP contribution in [0.25, 0.3) is 0 Å². The van der Waals surface area contributed by atoms with Crippen LogP contribution in [0.15, 0.2) is 18.2 Å². The topological polar surface area (TPSA) is 58.6 Å². The molecule has 100 valence electrons. The zero-order chi connectivity index (χ0) is 13.8. The fourth-order valence-electron chi connectivity index (χ4n) is 1.55. The van der Waals surface area contributed by atoms with Crippen molar-refractivity contribution in [1.82, 2.24) is 5.32 Å². The lowest BCUT2D eigenvalue weighted by molar-refractivity contribution is -0.144. The maximum Gasteiger partial charge on any atom is 0.328 e. The Morgan fingerprint density at radius 3 is 2.39 bits per heavy atom. The molecule has 0 amide bonds. The largest absolute Gasteiger partial charge is 0.480 e. The van der Waals surface area contributed by atoms with E-state index in [1.807, 2.05) is 0 Å². The second-order valence-electron chi connectivity index (χ2n) is 4.01. The first-order valence-corrected chi connectivity index (χ1v) is 5.34. The van der Waals surface area contributed by atoms with Crippen molar-refractivity contribution >= 4 is 5.97 Å². The molecule has 0 saturated carbocycles. The molecule has 0 fully saturated rings. The molecular formula is C12H15F2NO3. The Labute approximate surface area is 104 Å². The Kier molecular flexibility index (Phi) is 4.75. The van der Waals surface area contributed by atoms with E-state index in [0.717, 1.165) is 12.1 Å². The van der Waals surface area contributed by atoms with Crippen LogP contribution in [0.1, 0.15) is 12.5 Å². The molecule has 1 atom stereocenters. The van der Waals surface area contributed by atoms with Gasteiger partial charge in [0.2, 0.25) is 0 Å². The van der Waals surface area contributed by atoms with Crippen LogP contribution in [0.3, 0.4) is 0 Å². The summed E-state index contributed by atoms with van der Waals surface area (Å²) in [5.74, 6) is -2.85. The zero-order valence-corrected chi connectivity index (χ0v) is 10.2. The molecule has 0 aliphatic rings. The Hall–Kier alpha value is -1.53. The van der Waals surface area contributed by atoms with Crippen molar-refractivity contribution in [2.24, 2.45) is 0 Å². The van der Waals surface area contributed by atoms with Gasteiger partial charge in [-0.2, -0.15) is 0 Å². The van der Waals surface area contributed by atoms with Gasteiger partial charge in [-0.1, -0.05) is 0 Å². The van der Waals surface area contributed by atoms with Gasteiger partial charge in [-0.3, -0.25) is 5.32 Å². The fraction of sp³-hybridized carbons (Fsp3) is 0.417. The summed E-state index contributed by atoms with van der Waals surface area (Å²) in [6, 6.07) is 2.69. The van der Waals surface area contributed by atoms with E-state index in [4.69, 9.17) is 4.74 Å². The smallest absolute Gasteiger partial charge is 0.328 e. The normalized spacial score (nSPS) is 14.2. The Bertz CT molecular complexity index is 419. The molecule has 1 aromatic rings. The first-order valence-electron chi connectivity index (χ1n) is 5.34. The molecule has 1 rings (SSSR count). The number of ether oxygens (including phenoxy) is 1. The monoisotopic (exact) mass is 259 g/mol. The summed E-state index contributed by atoms with van der Waals surface area (Å²) in [4.78, 5) is 11.3. The van der Waals surface area contributed by atoms with Crippen LogP contribution >= 0.6 is 0 Å². The summed E-state index contributed by atoms with van der Waals surface area (Å²) in [7, 11) is 1.47. The van der Waals surface area contributed by atoms with E-state index in [2.05, 4.69) is 5.32 Å². The maximum atomic E-state index is 13.1. The molecule has 4 nitrogen and oxygen atoms in total. The summed E-state index contributed by atoms with van der Waals surface area (Å²) in [6.07, 6.45) is 0. The molecule has 0 radical (unpaired) electrons. The van der Waals surface area contributed by atoms with E-state index >= 15 is 0 Å². The SMILES string of the molecule is COCCNC(C)(C(=O)O)c1cc(F)cc(F)c1. The second kappa shape index (κ2) is 5.88. The number of carboxylic acids is 1. The molecule has 0 heterocycles. The van der Waals surface area contributed by atoms with Crippen molar-refractivity contribution in [2.45, 2.75) is 12.5 Å². The number of nitrogens with one attached hydrogen (secondary N) is 1. The Morgan fingerprint density at radius 2 is 1.94 bits per heavy atom. The number of hydrogen-bond acceptors (Lipinski definition) is 3. The number of carbonyl (C=O) groups is 1. The van der Waals surface area contributed by atoms with Gasteiger partial charge in [0, 0.05) is 19.7 Å². The summed E-state index contributed by atoms with van der Waals surface area (Å²) >= 11 is 0. The number of benzene rings is 1. The molecule has 18 heavy (non-hydrogen) atoms. The van der Waals surface area contributed by atoms with Gasteiger partial charge in [0.1, 0.15) is 17.2 Å². The van der Waals surface area contributed by atoms with Crippen molar-refractivity contribution in [3.8, 4) is 0 Å². The van der Waals surface area contributed by atoms with Gasteiger partial charge < -0.3 is 9.84 Å². The van der Waals surface area contributed by atoms with Crippen molar-refractivity contribution in [1.29, 1.82) is 0 Å². The molecule has 1 aromatic carbocycles. The summed E-state index contributed by atoms with van der Waals surface area (Å²) < 4.78 is 31.0. The van der Waals surface area contributed by atoms with Gasteiger partial charge in [-0.05, 0) is 24.6 Å². The van der Waals surface area contributed by atoms with E-state index in [1.165, 1.54) is 14.0 Å². The highest BCUT2D eigenvalue weighted by atomic mass is 19.1. The lowest BCUT2D eigenvalue weighted by Gasteiger charge is -2.27. The molecule has 2 N–H and O–H groups in total. The van der Waals surface area contributed by atoms with Crippen LogP contribution in [0.4, 0.5) is 8.78 Å². The van der Waals surface area contributed by atoms with E-state index in [1.54, 1.807) is 0 Å². The van der Waals surface area contributed by atoms with Crippen molar-refractivity contribution in [2.75, 3.05) is 20.3 Å². The fourth-order valence-corrected chi connectivity index (χ4v) is 1.55. The maximum absolute atomic E-state index is 13.1. The first-order chi connectivity index (χ1) is 8.40. The number of carboxylic acid groups (broad SMARTS) is 1. The highest BCUT2D eigenvalue weighted by Crippen LogP contribution is 2.23. The standard InChI is InChI=1S/C12H15F2NO3/c1-12(11(16)17,15-3-4-18-2)8-5-9(13)7-10(14)6-8/h5-7,15H,3-4H2,1-2H3,(H,16,17). The molecule has 0 aliphatic carbocycles. The third-order valence-corrected chi connectivity index (χ3v) is 2.65. The number of methoxy groups -OCH3 is 1. The summed E-state index contributed by atoms with van der Waals surface area (Å²) in [5, 5.41) is 11.9. The predicted octanol–water partition coefficient (Wildman–Crippen LogP) is 1.50. The van der Waals surface area contributed by atoms with Crippen LogP contribution in [-0.2, 0) is 15.1 Å². The second-order valence-corrected chi connectivity index (χ2v) is 4.01. The minimum Gasteiger partial charge on any atom is -0.480 e. The van der Waals surface area contributed by atoms with Crippen molar-refractivity contribution < 1.29 is 23.4 Å². The zero-order valence-electron chi connectivity index (χ0n) is 10.2. The Balaban J connectivity index is 3.06. The molecule has 6 heteroatoms. The number of halogens is 2. The number of aliphatic carboxylic acids is 1. The van der Waals surface area contributed by atoms with E-state index < -0.39 is 23.1 Å². The minimum atomic E-state index is -1.57. The van der Waals surface area contributed by atoms with Crippen molar-refractivity contribution in [3.05, 3.63) is 35.4 Å². The molecule has 0 bridgehead atoms. The summed E-state index contributed by atoms with van der Waals surface area (Å²) in [5.41, 5.74) is -1.55. The van der Waals surface area contributed by atoms with Crippen LogP contribution in [-0.4, -0.2) is 31.3 Å². The van der Waals surface area contributed by atoms with Gasteiger partial charge in [-0.25, -0.2) is 13.6 Å². The third kappa shape index (κ3) is 3.24. The third-order valence-electron chi connectivity index (χ3n) is 2.65. The van der Waals surface area contributed by atoms with Crippen molar-refractivity contribution in [3.63, 3.8) is 0 Å². The quantitative estimate of drug-likeness (QED) is 0.760. The molecule has 0 aliphatic heterocycles. The highest BCUT2D eigenvalue weighted by Gasteiger charge is 2.35. The molecule has 0 spiro atoms. The molecule has 1 unspecified atom stereocenters. The van der Waals surface area contributed by atoms with Gasteiger partial charge in [0.15, 0.2) is 0 Å². The lowest BCUT2D eigenvalue weighted by atomic mass is 9.92. The average Bonchev–Trinajstić information content (AvgIpc) is 2.27. The molecule has 0 saturated heterocycles. The van der Waals surface area contributed by atoms with Crippen LogP contribution in [0.5, 0.6) is 0 Å². The number of hydrogen-bond donors (Lipinski definition) is 2. The van der Waals surface area contributed by atoms with E-state index in [-0.39, 0.29) is 12.1 Å². The van der Waals surface area contributed by atoms with Gasteiger partial charge in [-0.15, -0.1) is 0 Å².